The Kier molecular flexibility index (Phi) is 4.76. The van der Waals surface area contributed by atoms with Crippen LogP contribution in [0.4, 0.5) is 5.69 Å². The topological polar surface area (TPSA) is 27.0 Å². The summed E-state index contributed by atoms with van der Waals surface area (Å²) in [4.78, 5) is 3.52. The second-order valence-electron chi connectivity index (χ2n) is 5.55. The first-order valence-corrected chi connectivity index (χ1v) is 8.05. The molecule has 1 heterocycles. The van der Waals surface area contributed by atoms with Crippen LogP contribution in [0.25, 0.3) is 0 Å². The van der Waals surface area contributed by atoms with Gasteiger partial charge < -0.3 is 4.90 Å². The fourth-order valence-corrected chi connectivity index (χ4v) is 3.81. The predicted octanol–water partition coefficient (Wildman–Crippen LogP) is 4.15. The average Bonchev–Trinajstić information content (AvgIpc) is 2.37. The van der Waals surface area contributed by atoms with Crippen LogP contribution in [0.15, 0.2) is 23.1 Å². The van der Waals surface area contributed by atoms with Crippen molar-refractivity contribution in [3.05, 3.63) is 23.8 Å². The summed E-state index contributed by atoms with van der Waals surface area (Å²) >= 11 is 1.76. The summed E-state index contributed by atoms with van der Waals surface area (Å²) in [5.74, 6) is 2.42. The third-order valence-corrected chi connectivity index (χ3v) is 4.57. The van der Waals surface area contributed by atoms with Crippen LogP contribution in [0.3, 0.4) is 0 Å². The van der Waals surface area contributed by atoms with Gasteiger partial charge in [0, 0.05) is 18.0 Å². The first kappa shape index (κ1) is 14.3. The van der Waals surface area contributed by atoms with Gasteiger partial charge in [0.25, 0.3) is 0 Å². The van der Waals surface area contributed by atoms with E-state index < -0.39 is 0 Å². The number of hydrogen-bond acceptors (Lipinski definition) is 3. The van der Waals surface area contributed by atoms with Gasteiger partial charge in [0.15, 0.2) is 0 Å². The van der Waals surface area contributed by atoms with Gasteiger partial charge in [0.05, 0.1) is 11.3 Å². The molecule has 2 atom stereocenters. The van der Waals surface area contributed by atoms with E-state index in [4.69, 9.17) is 0 Å². The maximum Gasteiger partial charge on any atom is 0.103 e. The molecule has 1 aromatic carbocycles. The lowest BCUT2D eigenvalue weighted by Gasteiger charge is -2.37. The Labute approximate surface area is 120 Å². The van der Waals surface area contributed by atoms with Gasteiger partial charge in [-0.2, -0.15) is 5.26 Å². The number of thioether (sulfide) groups is 1. The molecule has 0 aromatic heterocycles. The van der Waals surface area contributed by atoms with Gasteiger partial charge in [-0.05, 0) is 36.1 Å². The number of nitriles is 1. The second kappa shape index (κ2) is 6.34. The normalized spacial score (nSPS) is 23.2. The summed E-state index contributed by atoms with van der Waals surface area (Å²) in [5, 5.41) is 9.50. The molecule has 2 rings (SSSR count). The molecule has 1 aromatic rings. The minimum absolute atomic E-state index is 0.706. The Balaban J connectivity index is 2.33. The van der Waals surface area contributed by atoms with E-state index in [0.29, 0.717) is 11.8 Å². The standard InChI is InChI=1S/C16H22N2S/c1-4-19-16-7-5-6-15(14(16)9-17)18-10-12(2)8-13(3)11-18/h5-7,12-13H,4,8,10-11H2,1-3H3. The van der Waals surface area contributed by atoms with Crippen LogP contribution in [-0.4, -0.2) is 18.8 Å². The molecule has 19 heavy (non-hydrogen) atoms. The van der Waals surface area contributed by atoms with Crippen LogP contribution in [0.5, 0.6) is 0 Å². The zero-order valence-electron chi connectivity index (χ0n) is 12.0. The summed E-state index contributed by atoms with van der Waals surface area (Å²) in [6, 6.07) is 8.66. The lowest BCUT2D eigenvalue weighted by atomic mass is 9.91. The zero-order valence-corrected chi connectivity index (χ0v) is 12.8. The van der Waals surface area contributed by atoms with Crippen LogP contribution in [0, 0.1) is 23.2 Å². The number of nitrogens with zero attached hydrogens (tertiary/aromatic N) is 2. The fourth-order valence-electron chi connectivity index (χ4n) is 3.03. The Hall–Kier alpha value is -1.14. The summed E-state index contributed by atoms with van der Waals surface area (Å²) < 4.78 is 0. The fraction of sp³-hybridized carbons (Fsp3) is 0.562. The van der Waals surface area contributed by atoms with E-state index in [1.54, 1.807) is 11.8 Å². The second-order valence-corrected chi connectivity index (χ2v) is 6.85. The number of benzene rings is 1. The monoisotopic (exact) mass is 274 g/mol. The molecule has 1 saturated heterocycles. The third-order valence-electron chi connectivity index (χ3n) is 3.63. The third kappa shape index (κ3) is 3.25. The molecule has 0 aliphatic carbocycles. The quantitative estimate of drug-likeness (QED) is 0.775. The molecule has 2 nitrogen and oxygen atoms in total. The van der Waals surface area contributed by atoms with Crippen molar-refractivity contribution in [2.75, 3.05) is 23.7 Å². The van der Waals surface area contributed by atoms with E-state index in [0.717, 1.165) is 35.0 Å². The van der Waals surface area contributed by atoms with E-state index in [2.05, 4.69) is 49.9 Å². The molecule has 1 aliphatic rings. The Morgan fingerprint density at radius 1 is 1.32 bits per heavy atom. The van der Waals surface area contributed by atoms with Crippen LogP contribution in [0.1, 0.15) is 32.8 Å². The predicted molar refractivity (Wildman–Crippen MR) is 82.7 cm³/mol. The average molecular weight is 274 g/mol. The van der Waals surface area contributed by atoms with Crippen LogP contribution < -0.4 is 4.90 Å². The molecule has 3 heteroatoms. The van der Waals surface area contributed by atoms with E-state index in [-0.39, 0.29) is 0 Å². The molecule has 0 spiro atoms. The highest BCUT2D eigenvalue weighted by Crippen LogP contribution is 2.33. The molecular formula is C16H22N2S. The smallest absolute Gasteiger partial charge is 0.103 e. The summed E-state index contributed by atoms with van der Waals surface area (Å²) in [6.07, 6.45) is 1.29. The Morgan fingerprint density at radius 3 is 2.58 bits per heavy atom. The molecule has 0 bridgehead atoms. The van der Waals surface area contributed by atoms with E-state index >= 15 is 0 Å². The number of hydrogen-bond donors (Lipinski definition) is 0. The molecule has 102 valence electrons. The van der Waals surface area contributed by atoms with Crippen molar-refractivity contribution in [3.63, 3.8) is 0 Å². The Morgan fingerprint density at radius 2 is 2.00 bits per heavy atom. The van der Waals surface area contributed by atoms with Gasteiger partial charge in [0.1, 0.15) is 6.07 Å². The molecule has 0 saturated carbocycles. The highest BCUT2D eigenvalue weighted by atomic mass is 32.2. The first-order chi connectivity index (χ1) is 9.15. The lowest BCUT2D eigenvalue weighted by Crippen LogP contribution is -2.39. The van der Waals surface area contributed by atoms with Crippen molar-refractivity contribution < 1.29 is 0 Å². The van der Waals surface area contributed by atoms with Crippen molar-refractivity contribution in [2.45, 2.75) is 32.1 Å². The Bertz CT molecular complexity index is 468. The number of piperidine rings is 1. The summed E-state index contributed by atoms with van der Waals surface area (Å²) in [6.45, 7) is 8.88. The molecule has 1 aliphatic heterocycles. The highest BCUT2D eigenvalue weighted by molar-refractivity contribution is 7.99. The van der Waals surface area contributed by atoms with Crippen LogP contribution in [-0.2, 0) is 0 Å². The largest absolute Gasteiger partial charge is 0.370 e. The van der Waals surface area contributed by atoms with Crippen molar-refractivity contribution in [1.29, 1.82) is 5.26 Å². The van der Waals surface area contributed by atoms with E-state index in [1.807, 2.05) is 0 Å². The first-order valence-electron chi connectivity index (χ1n) is 7.06. The van der Waals surface area contributed by atoms with Gasteiger partial charge >= 0.3 is 0 Å². The van der Waals surface area contributed by atoms with Crippen molar-refractivity contribution in [1.82, 2.24) is 0 Å². The zero-order chi connectivity index (χ0) is 13.8. The molecule has 0 radical (unpaired) electrons. The van der Waals surface area contributed by atoms with Crippen molar-refractivity contribution in [2.24, 2.45) is 11.8 Å². The minimum atomic E-state index is 0.706. The SMILES string of the molecule is CCSc1cccc(N2CC(C)CC(C)C2)c1C#N. The maximum atomic E-state index is 9.50. The molecule has 0 N–H and O–H groups in total. The van der Waals surface area contributed by atoms with Crippen molar-refractivity contribution in [3.8, 4) is 6.07 Å². The van der Waals surface area contributed by atoms with Gasteiger partial charge in [0.2, 0.25) is 0 Å². The lowest BCUT2D eigenvalue weighted by molar-refractivity contribution is 0.356. The number of rotatable bonds is 3. The van der Waals surface area contributed by atoms with Crippen molar-refractivity contribution >= 4 is 17.4 Å². The molecule has 2 unspecified atom stereocenters. The number of anilines is 1. The summed E-state index contributed by atoms with van der Waals surface area (Å²) in [5.41, 5.74) is 1.98. The van der Waals surface area contributed by atoms with Gasteiger partial charge in [-0.1, -0.05) is 26.8 Å². The summed E-state index contributed by atoms with van der Waals surface area (Å²) in [7, 11) is 0. The van der Waals surface area contributed by atoms with Gasteiger partial charge in [-0.25, -0.2) is 0 Å². The van der Waals surface area contributed by atoms with Gasteiger partial charge in [-0.15, -0.1) is 11.8 Å². The molecule has 0 amide bonds. The highest BCUT2D eigenvalue weighted by Gasteiger charge is 2.24. The van der Waals surface area contributed by atoms with Crippen LogP contribution in [0.2, 0.25) is 0 Å². The van der Waals surface area contributed by atoms with Gasteiger partial charge in [-0.3, -0.25) is 0 Å². The molecule has 1 fully saturated rings. The van der Waals surface area contributed by atoms with E-state index in [9.17, 15) is 5.26 Å². The van der Waals surface area contributed by atoms with Crippen LogP contribution >= 0.6 is 11.8 Å². The van der Waals surface area contributed by atoms with E-state index in [1.165, 1.54) is 6.42 Å². The minimum Gasteiger partial charge on any atom is -0.370 e. The maximum absolute atomic E-state index is 9.50. The molecular weight excluding hydrogens is 252 g/mol.